The Morgan fingerprint density at radius 1 is 1.28 bits per heavy atom. The quantitative estimate of drug-likeness (QED) is 0.782. The largest absolute Gasteiger partial charge is 0.329 e. The summed E-state index contributed by atoms with van der Waals surface area (Å²) >= 11 is 5.44. The normalized spacial score (nSPS) is 16.8. The molecule has 0 aliphatic heterocycles. The number of para-hydroxylation sites is 1. The summed E-state index contributed by atoms with van der Waals surface area (Å²) in [7, 11) is 0. The first-order valence-corrected chi connectivity index (χ1v) is 6.85. The highest BCUT2D eigenvalue weighted by atomic mass is 32.1. The monoisotopic (exact) mass is 257 g/mol. The zero-order valence-corrected chi connectivity index (χ0v) is 11.0. The Bertz CT molecular complexity index is 668. The third kappa shape index (κ3) is 1.75. The fourth-order valence-electron chi connectivity index (χ4n) is 2.94. The van der Waals surface area contributed by atoms with Crippen LogP contribution in [-0.4, -0.2) is 9.55 Å². The first kappa shape index (κ1) is 11.5. The number of imidazole rings is 1. The number of nitriles is 1. The summed E-state index contributed by atoms with van der Waals surface area (Å²) in [6.45, 7) is 0. The molecule has 1 aromatic heterocycles. The molecule has 18 heavy (non-hydrogen) atoms. The molecular weight excluding hydrogens is 242 g/mol. The van der Waals surface area contributed by atoms with Gasteiger partial charge in [-0.05, 0) is 37.2 Å². The highest BCUT2D eigenvalue weighted by molar-refractivity contribution is 7.71. The van der Waals surface area contributed by atoms with Crippen molar-refractivity contribution in [3.05, 3.63) is 28.5 Å². The minimum absolute atomic E-state index is 0.494. The molecular formula is C14H15N3S. The second-order valence-corrected chi connectivity index (χ2v) is 5.29. The van der Waals surface area contributed by atoms with Crippen molar-refractivity contribution in [3.8, 4) is 6.07 Å². The van der Waals surface area contributed by atoms with E-state index in [1.54, 1.807) is 0 Å². The van der Waals surface area contributed by atoms with Crippen LogP contribution in [0.2, 0.25) is 0 Å². The van der Waals surface area contributed by atoms with E-state index in [0.717, 1.165) is 15.8 Å². The average molecular weight is 257 g/mol. The van der Waals surface area contributed by atoms with Crippen molar-refractivity contribution in [3.63, 3.8) is 0 Å². The second kappa shape index (κ2) is 4.58. The van der Waals surface area contributed by atoms with Gasteiger partial charge in [-0.15, -0.1) is 0 Å². The number of aromatic nitrogens is 2. The van der Waals surface area contributed by atoms with Crippen LogP contribution in [0.15, 0.2) is 18.2 Å². The van der Waals surface area contributed by atoms with Gasteiger partial charge in [0, 0.05) is 6.04 Å². The van der Waals surface area contributed by atoms with Gasteiger partial charge >= 0.3 is 0 Å². The Hall–Kier alpha value is -1.60. The second-order valence-electron chi connectivity index (χ2n) is 4.90. The molecule has 1 heterocycles. The van der Waals surface area contributed by atoms with Crippen LogP contribution in [0.3, 0.4) is 0 Å². The number of fused-ring (bicyclic) bond motifs is 1. The van der Waals surface area contributed by atoms with E-state index in [9.17, 15) is 0 Å². The molecule has 3 nitrogen and oxygen atoms in total. The Morgan fingerprint density at radius 3 is 2.78 bits per heavy atom. The van der Waals surface area contributed by atoms with E-state index in [2.05, 4.69) is 21.7 Å². The SMILES string of the molecule is N#Cc1cccc2c1[nH]c(=S)n2C1CCCCC1. The lowest BCUT2D eigenvalue weighted by Crippen LogP contribution is -2.12. The molecule has 0 saturated heterocycles. The van der Waals surface area contributed by atoms with E-state index in [1.165, 1.54) is 32.1 Å². The fourth-order valence-corrected chi connectivity index (χ4v) is 3.29. The maximum atomic E-state index is 9.13. The highest BCUT2D eigenvalue weighted by Crippen LogP contribution is 2.31. The summed E-state index contributed by atoms with van der Waals surface area (Å²) in [5, 5.41) is 9.13. The molecule has 2 aromatic rings. The summed E-state index contributed by atoms with van der Waals surface area (Å²) in [6, 6.07) is 8.54. The van der Waals surface area contributed by atoms with Gasteiger partial charge < -0.3 is 9.55 Å². The smallest absolute Gasteiger partial charge is 0.178 e. The number of hydrogen-bond donors (Lipinski definition) is 1. The number of aromatic amines is 1. The Kier molecular flexibility index (Phi) is 2.92. The van der Waals surface area contributed by atoms with Crippen LogP contribution < -0.4 is 0 Å². The predicted molar refractivity (Wildman–Crippen MR) is 74.0 cm³/mol. The zero-order valence-electron chi connectivity index (χ0n) is 10.1. The molecule has 1 aliphatic carbocycles. The van der Waals surface area contributed by atoms with Crippen molar-refractivity contribution in [1.29, 1.82) is 5.26 Å². The molecule has 0 amide bonds. The van der Waals surface area contributed by atoms with Crippen LogP contribution >= 0.6 is 12.2 Å². The molecule has 1 fully saturated rings. The molecule has 0 radical (unpaired) electrons. The van der Waals surface area contributed by atoms with Crippen molar-refractivity contribution in [2.24, 2.45) is 0 Å². The topological polar surface area (TPSA) is 44.5 Å². The number of hydrogen-bond acceptors (Lipinski definition) is 2. The molecule has 0 spiro atoms. The van der Waals surface area contributed by atoms with Crippen LogP contribution in [0.25, 0.3) is 11.0 Å². The number of rotatable bonds is 1. The first-order chi connectivity index (χ1) is 8.81. The van der Waals surface area contributed by atoms with Crippen LogP contribution in [0.5, 0.6) is 0 Å². The molecule has 4 heteroatoms. The van der Waals surface area contributed by atoms with Gasteiger partial charge in [-0.25, -0.2) is 0 Å². The van der Waals surface area contributed by atoms with Crippen molar-refractivity contribution in [2.75, 3.05) is 0 Å². The third-order valence-electron chi connectivity index (χ3n) is 3.81. The maximum absolute atomic E-state index is 9.13. The number of nitrogens with one attached hydrogen (secondary N) is 1. The van der Waals surface area contributed by atoms with E-state index >= 15 is 0 Å². The zero-order chi connectivity index (χ0) is 12.5. The summed E-state index contributed by atoms with van der Waals surface area (Å²) < 4.78 is 2.96. The molecule has 92 valence electrons. The maximum Gasteiger partial charge on any atom is 0.178 e. The first-order valence-electron chi connectivity index (χ1n) is 6.44. The van der Waals surface area contributed by atoms with Crippen LogP contribution in [-0.2, 0) is 0 Å². The standard InChI is InChI=1S/C14H15N3S/c15-9-10-5-4-8-12-13(10)16-14(18)17(12)11-6-2-1-3-7-11/h4-5,8,11H,1-3,6-7H2,(H,16,18). The van der Waals surface area contributed by atoms with Crippen molar-refractivity contribution in [2.45, 2.75) is 38.1 Å². The van der Waals surface area contributed by atoms with Gasteiger partial charge in [0.1, 0.15) is 6.07 Å². The van der Waals surface area contributed by atoms with Gasteiger partial charge in [-0.1, -0.05) is 25.3 Å². The van der Waals surface area contributed by atoms with E-state index in [-0.39, 0.29) is 0 Å². The van der Waals surface area contributed by atoms with Gasteiger partial charge in [0.05, 0.1) is 16.6 Å². The van der Waals surface area contributed by atoms with E-state index in [1.807, 2.05) is 12.1 Å². The van der Waals surface area contributed by atoms with Crippen LogP contribution in [0, 0.1) is 16.1 Å². The molecule has 1 N–H and O–H groups in total. The molecule has 1 aromatic carbocycles. The lowest BCUT2D eigenvalue weighted by molar-refractivity contribution is 0.357. The number of benzene rings is 1. The fraction of sp³-hybridized carbons (Fsp3) is 0.429. The lowest BCUT2D eigenvalue weighted by Gasteiger charge is -2.23. The van der Waals surface area contributed by atoms with Crippen LogP contribution in [0.4, 0.5) is 0 Å². The molecule has 0 atom stereocenters. The predicted octanol–water partition coefficient (Wildman–Crippen LogP) is 4.08. The van der Waals surface area contributed by atoms with Gasteiger partial charge in [-0.2, -0.15) is 5.26 Å². The van der Waals surface area contributed by atoms with E-state index in [4.69, 9.17) is 17.5 Å². The highest BCUT2D eigenvalue weighted by Gasteiger charge is 2.19. The van der Waals surface area contributed by atoms with Gasteiger partial charge in [0.15, 0.2) is 4.77 Å². The average Bonchev–Trinajstić information content (AvgIpc) is 2.75. The lowest BCUT2D eigenvalue weighted by atomic mass is 9.95. The third-order valence-corrected chi connectivity index (χ3v) is 4.11. The van der Waals surface area contributed by atoms with E-state index < -0.39 is 0 Å². The van der Waals surface area contributed by atoms with Crippen LogP contribution in [0.1, 0.15) is 43.7 Å². The van der Waals surface area contributed by atoms with Crippen molar-refractivity contribution >= 4 is 23.3 Å². The summed E-state index contributed by atoms with van der Waals surface area (Å²) in [5.41, 5.74) is 2.63. The Labute approximate surface area is 111 Å². The van der Waals surface area contributed by atoms with E-state index in [0.29, 0.717) is 11.6 Å². The molecule has 1 saturated carbocycles. The Balaban J connectivity index is 2.20. The molecule has 0 bridgehead atoms. The van der Waals surface area contributed by atoms with Crippen molar-refractivity contribution in [1.82, 2.24) is 9.55 Å². The summed E-state index contributed by atoms with van der Waals surface area (Å²) in [4.78, 5) is 3.20. The molecule has 3 rings (SSSR count). The number of nitrogens with zero attached hydrogens (tertiary/aromatic N) is 2. The van der Waals surface area contributed by atoms with Gasteiger partial charge in [0.2, 0.25) is 0 Å². The number of H-pyrrole nitrogens is 1. The minimum atomic E-state index is 0.494. The Morgan fingerprint density at radius 2 is 2.06 bits per heavy atom. The summed E-state index contributed by atoms with van der Waals surface area (Å²) in [5.74, 6) is 0. The van der Waals surface area contributed by atoms with Crippen molar-refractivity contribution < 1.29 is 0 Å². The molecule has 1 aliphatic rings. The molecule has 0 unspecified atom stereocenters. The summed E-state index contributed by atoms with van der Waals surface area (Å²) in [6.07, 6.45) is 6.26. The van der Waals surface area contributed by atoms with Gasteiger partial charge in [0.25, 0.3) is 0 Å². The minimum Gasteiger partial charge on any atom is -0.329 e. The van der Waals surface area contributed by atoms with Gasteiger partial charge in [-0.3, -0.25) is 0 Å².